The summed E-state index contributed by atoms with van der Waals surface area (Å²) in [5, 5.41) is 9.82. The fourth-order valence-electron chi connectivity index (χ4n) is 3.90. The third-order valence-electron chi connectivity index (χ3n) is 6.14. The number of carbonyl (C=O) groups excluding carboxylic acids is 3. The number of rotatable bonds is 12. The van der Waals surface area contributed by atoms with Crippen molar-refractivity contribution in [2.24, 2.45) is 10.8 Å². The molecule has 0 atom stereocenters. The fourth-order valence-corrected chi connectivity index (χ4v) is 3.90. The quantitative estimate of drug-likeness (QED) is 0.170. The number of aliphatic hydroxyl groups is 1. The number of hydrogen-bond acceptors (Lipinski definition) is 7. The molecule has 0 saturated carbocycles. The maximum Gasteiger partial charge on any atom is 0.331 e. The van der Waals surface area contributed by atoms with Crippen LogP contribution in [0.3, 0.4) is 0 Å². The number of carbonyl (C=O) groups is 3. The van der Waals surface area contributed by atoms with Crippen LogP contribution in [0.1, 0.15) is 67.7 Å². The van der Waals surface area contributed by atoms with E-state index in [1.54, 1.807) is 13.0 Å². The second-order valence-corrected chi connectivity index (χ2v) is 10.2. The van der Waals surface area contributed by atoms with Crippen LogP contribution in [0.25, 0.3) is 0 Å². The molecule has 0 unspecified atom stereocenters. The van der Waals surface area contributed by atoms with Crippen LogP contribution in [-0.4, -0.2) is 49.4 Å². The Labute approximate surface area is 215 Å². The van der Waals surface area contributed by atoms with Crippen molar-refractivity contribution in [1.29, 1.82) is 0 Å². The molecule has 0 saturated heterocycles. The molecule has 0 bridgehead atoms. The molecular formula is C29H42O7. The minimum Gasteiger partial charge on any atom is -0.465 e. The maximum absolute atomic E-state index is 12.3. The van der Waals surface area contributed by atoms with E-state index in [0.717, 1.165) is 12.0 Å². The van der Waals surface area contributed by atoms with Crippen molar-refractivity contribution < 1.29 is 33.7 Å². The van der Waals surface area contributed by atoms with Gasteiger partial charge < -0.3 is 19.3 Å². The maximum atomic E-state index is 12.3. The molecule has 36 heavy (non-hydrogen) atoms. The van der Waals surface area contributed by atoms with Crippen molar-refractivity contribution in [3.63, 3.8) is 0 Å². The van der Waals surface area contributed by atoms with E-state index in [2.05, 4.69) is 32.9 Å². The monoisotopic (exact) mass is 502 g/mol. The van der Waals surface area contributed by atoms with Crippen molar-refractivity contribution in [2.45, 2.75) is 67.7 Å². The highest BCUT2D eigenvalue weighted by Crippen LogP contribution is 2.40. The standard InChI is InChI=1S/C29H42O7/c1-21(13-14-26-23(3)12-9-15-28(26,6)7)10-8-11-22(2)16-27(33)36-20-29(17-30,18-34-24(4)31)19-35-25(5)32/h8,10-11,13-14,16,30H,9,12,15,17-20H2,1-7H3. The minimum atomic E-state index is -1.24. The Morgan fingerprint density at radius 1 is 0.944 bits per heavy atom. The predicted molar refractivity (Wildman–Crippen MR) is 140 cm³/mol. The van der Waals surface area contributed by atoms with E-state index in [-0.39, 0.29) is 25.2 Å². The Hall–Kier alpha value is -2.93. The van der Waals surface area contributed by atoms with Gasteiger partial charge in [0.2, 0.25) is 0 Å². The molecule has 0 aromatic rings. The van der Waals surface area contributed by atoms with Gasteiger partial charge in [-0.2, -0.15) is 0 Å². The van der Waals surface area contributed by atoms with Gasteiger partial charge in [0.1, 0.15) is 19.8 Å². The zero-order valence-corrected chi connectivity index (χ0v) is 22.8. The number of hydrogen-bond donors (Lipinski definition) is 1. The molecule has 1 N–H and O–H groups in total. The average Bonchev–Trinajstić information content (AvgIpc) is 2.78. The zero-order valence-electron chi connectivity index (χ0n) is 22.8. The van der Waals surface area contributed by atoms with Crippen LogP contribution in [0.15, 0.2) is 58.7 Å². The van der Waals surface area contributed by atoms with Gasteiger partial charge in [-0.25, -0.2) is 4.79 Å². The van der Waals surface area contributed by atoms with Crippen molar-refractivity contribution in [3.8, 4) is 0 Å². The van der Waals surface area contributed by atoms with Gasteiger partial charge in [-0.1, -0.05) is 55.4 Å². The summed E-state index contributed by atoms with van der Waals surface area (Å²) < 4.78 is 15.2. The topological polar surface area (TPSA) is 99.1 Å². The SMILES string of the molecule is CC(=O)OCC(CO)(COC(C)=O)COC(=O)C=C(C)C=CC=C(C)C=CC1=C(C)CCCC1(C)C. The second kappa shape index (κ2) is 14.6. The molecule has 1 aliphatic carbocycles. The fraction of sp³-hybridized carbons (Fsp3) is 0.552. The van der Waals surface area contributed by atoms with Gasteiger partial charge in [0.05, 0.1) is 12.0 Å². The van der Waals surface area contributed by atoms with Gasteiger partial charge >= 0.3 is 17.9 Å². The zero-order chi connectivity index (χ0) is 27.4. The van der Waals surface area contributed by atoms with Crippen LogP contribution < -0.4 is 0 Å². The molecule has 7 heteroatoms. The van der Waals surface area contributed by atoms with E-state index in [1.807, 2.05) is 19.1 Å². The first-order valence-corrected chi connectivity index (χ1v) is 12.3. The van der Waals surface area contributed by atoms with Gasteiger partial charge in [0, 0.05) is 19.9 Å². The smallest absolute Gasteiger partial charge is 0.331 e. The highest BCUT2D eigenvalue weighted by Gasteiger charge is 2.35. The average molecular weight is 503 g/mol. The molecule has 1 aliphatic rings. The minimum absolute atomic E-state index is 0.193. The molecule has 1 rings (SSSR count). The normalized spacial score (nSPS) is 17.0. The summed E-state index contributed by atoms with van der Waals surface area (Å²) in [6.45, 7) is 11.7. The van der Waals surface area contributed by atoms with Crippen LogP contribution in [0.5, 0.6) is 0 Å². The van der Waals surface area contributed by atoms with Gasteiger partial charge in [0.25, 0.3) is 0 Å². The summed E-state index contributed by atoms with van der Waals surface area (Å²) in [5.41, 5.74) is 3.58. The number of esters is 3. The summed E-state index contributed by atoms with van der Waals surface area (Å²) >= 11 is 0. The first-order chi connectivity index (χ1) is 16.8. The second-order valence-electron chi connectivity index (χ2n) is 10.2. The van der Waals surface area contributed by atoms with Crippen LogP contribution in [0, 0.1) is 10.8 Å². The van der Waals surface area contributed by atoms with Gasteiger partial charge in [0.15, 0.2) is 0 Å². The van der Waals surface area contributed by atoms with Gasteiger partial charge in [-0.3, -0.25) is 9.59 Å². The Kier molecular flexibility index (Phi) is 12.6. The first kappa shape index (κ1) is 31.1. The molecule has 0 amide bonds. The van der Waals surface area contributed by atoms with Crippen molar-refractivity contribution in [1.82, 2.24) is 0 Å². The third kappa shape index (κ3) is 11.2. The van der Waals surface area contributed by atoms with Crippen LogP contribution in [0.4, 0.5) is 0 Å². The lowest BCUT2D eigenvalue weighted by Gasteiger charge is -2.32. The number of allylic oxidation sites excluding steroid dienone is 9. The molecule has 0 aromatic carbocycles. The van der Waals surface area contributed by atoms with E-state index in [1.165, 1.54) is 43.9 Å². The highest BCUT2D eigenvalue weighted by molar-refractivity contribution is 5.83. The number of aliphatic hydroxyl groups excluding tert-OH is 1. The van der Waals surface area contributed by atoms with E-state index in [4.69, 9.17) is 14.2 Å². The number of ether oxygens (including phenoxy) is 3. The lowest BCUT2D eigenvalue weighted by molar-refractivity contribution is -0.161. The Balaban J connectivity index is 2.77. The molecular weight excluding hydrogens is 460 g/mol. The van der Waals surface area contributed by atoms with Crippen LogP contribution >= 0.6 is 0 Å². The molecule has 0 heterocycles. The first-order valence-electron chi connectivity index (χ1n) is 12.3. The Morgan fingerprint density at radius 2 is 1.53 bits per heavy atom. The predicted octanol–water partition coefficient (Wildman–Crippen LogP) is 5.17. The van der Waals surface area contributed by atoms with Crippen molar-refractivity contribution >= 4 is 17.9 Å². The Morgan fingerprint density at radius 3 is 2.06 bits per heavy atom. The Bertz CT molecular complexity index is 927. The highest BCUT2D eigenvalue weighted by atomic mass is 16.6. The van der Waals surface area contributed by atoms with Crippen molar-refractivity contribution in [2.75, 3.05) is 26.4 Å². The summed E-state index contributed by atoms with van der Waals surface area (Å²) in [5.74, 6) is -1.74. The molecule has 0 fully saturated rings. The summed E-state index contributed by atoms with van der Waals surface area (Å²) in [6, 6.07) is 0. The largest absolute Gasteiger partial charge is 0.465 e. The van der Waals surface area contributed by atoms with Crippen LogP contribution in [-0.2, 0) is 28.6 Å². The summed E-state index contributed by atoms with van der Waals surface area (Å²) in [6.07, 6.45) is 14.9. The van der Waals surface area contributed by atoms with Gasteiger partial charge in [-0.05, 0) is 56.6 Å². The molecule has 7 nitrogen and oxygen atoms in total. The van der Waals surface area contributed by atoms with E-state index in [0.29, 0.717) is 5.57 Å². The van der Waals surface area contributed by atoms with E-state index < -0.39 is 29.9 Å². The molecule has 0 spiro atoms. The molecule has 0 radical (unpaired) electrons. The molecule has 0 aliphatic heterocycles. The summed E-state index contributed by atoms with van der Waals surface area (Å²) in [4.78, 5) is 34.7. The molecule has 200 valence electrons. The van der Waals surface area contributed by atoms with Crippen LogP contribution in [0.2, 0.25) is 0 Å². The third-order valence-corrected chi connectivity index (χ3v) is 6.14. The summed E-state index contributed by atoms with van der Waals surface area (Å²) in [7, 11) is 0. The van der Waals surface area contributed by atoms with Crippen molar-refractivity contribution in [3.05, 3.63) is 58.7 Å². The van der Waals surface area contributed by atoms with E-state index >= 15 is 0 Å². The molecule has 0 aromatic heterocycles. The van der Waals surface area contributed by atoms with Gasteiger partial charge in [-0.15, -0.1) is 0 Å². The van der Waals surface area contributed by atoms with E-state index in [9.17, 15) is 19.5 Å². The lowest BCUT2D eigenvalue weighted by Crippen LogP contribution is -2.42. The lowest BCUT2D eigenvalue weighted by atomic mass is 9.72.